The van der Waals surface area contributed by atoms with Crippen LogP contribution in [0, 0.1) is 5.92 Å². The number of hydrogen-bond donors (Lipinski definition) is 1. The van der Waals surface area contributed by atoms with Gasteiger partial charge in [-0.25, -0.2) is 4.98 Å². The number of hydrogen-bond acceptors (Lipinski definition) is 6. The minimum absolute atomic E-state index is 0.00235. The molecule has 1 aliphatic rings. The average Bonchev–Trinajstić information content (AvgIpc) is 3.20. The van der Waals surface area contributed by atoms with Crippen LogP contribution in [0.25, 0.3) is 0 Å². The van der Waals surface area contributed by atoms with Crippen LogP contribution in [0.5, 0.6) is 0 Å². The monoisotopic (exact) mass is 348 g/mol. The first-order valence-electron chi connectivity index (χ1n) is 8.38. The summed E-state index contributed by atoms with van der Waals surface area (Å²) in [6.45, 7) is 6.35. The zero-order valence-corrected chi connectivity index (χ0v) is 15.3. The Balaban J connectivity index is 1.50. The number of aromatic nitrogens is 4. The molecule has 0 aliphatic carbocycles. The molecule has 0 saturated carbocycles. The maximum atomic E-state index is 11.4. The van der Waals surface area contributed by atoms with Crippen LogP contribution in [0.4, 0.5) is 5.13 Å². The number of carbonyl (C=O) groups is 1. The van der Waals surface area contributed by atoms with E-state index in [1.54, 1.807) is 18.9 Å². The second-order valence-corrected chi connectivity index (χ2v) is 7.07. The third-order valence-corrected chi connectivity index (χ3v) is 5.44. The van der Waals surface area contributed by atoms with E-state index in [0.29, 0.717) is 5.92 Å². The van der Waals surface area contributed by atoms with Crippen molar-refractivity contribution in [1.82, 2.24) is 25.1 Å². The molecule has 1 N–H and O–H groups in total. The molecule has 0 fully saturated rings. The highest BCUT2D eigenvalue weighted by Gasteiger charge is 2.22. The maximum Gasteiger partial charge on any atom is 0.225 e. The lowest BCUT2D eigenvalue weighted by Gasteiger charge is -2.24. The van der Waals surface area contributed by atoms with Crippen LogP contribution < -0.4 is 10.2 Å². The molecular formula is C16H24N6OS. The Morgan fingerprint density at radius 2 is 2.33 bits per heavy atom. The minimum atomic E-state index is 0.00235. The van der Waals surface area contributed by atoms with Crippen molar-refractivity contribution in [3.63, 3.8) is 0 Å². The number of aryl methyl sites for hydroxylation is 2. The van der Waals surface area contributed by atoms with Crippen molar-refractivity contribution in [2.24, 2.45) is 5.92 Å². The van der Waals surface area contributed by atoms with Gasteiger partial charge < -0.3 is 9.88 Å². The summed E-state index contributed by atoms with van der Waals surface area (Å²) in [4.78, 5) is 17.5. The van der Waals surface area contributed by atoms with E-state index in [1.165, 1.54) is 11.3 Å². The van der Waals surface area contributed by atoms with Crippen molar-refractivity contribution in [2.75, 3.05) is 18.5 Å². The van der Waals surface area contributed by atoms with E-state index in [9.17, 15) is 4.79 Å². The third-order valence-electron chi connectivity index (χ3n) is 4.48. The minimum Gasteiger partial charge on any atom is -0.315 e. The Hall–Kier alpha value is -1.80. The second kappa shape index (κ2) is 7.40. The molecule has 0 spiro atoms. The summed E-state index contributed by atoms with van der Waals surface area (Å²) in [5.74, 6) is 2.81. The smallest absolute Gasteiger partial charge is 0.225 e. The Bertz CT molecular complexity index is 696. The van der Waals surface area contributed by atoms with E-state index < -0.39 is 0 Å². The number of thiazole rings is 1. The molecular weight excluding hydrogens is 324 g/mol. The van der Waals surface area contributed by atoms with E-state index in [1.807, 2.05) is 5.38 Å². The molecule has 1 aliphatic heterocycles. The van der Waals surface area contributed by atoms with Crippen LogP contribution in [0.1, 0.15) is 37.6 Å². The molecule has 7 nitrogen and oxygen atoms in total. The molecule has 8 heteroatoms. The van der Waals surface area contributed by atoms with Crippen LogP contribution in [0.3, 0.4) is 0 Å². The van der Waals surface area contributed by atoms with Crippen molar-refractivity contribution < 1.29 is 4.79 Å². The third kappa shape index (κ3) is 3.64. The highest BCUT2D eigenvalue weighted by molar-refractivity contribution is 7.14. The van der Waals surface area contributed by atoms with Gasteiger partial charge in [0.1, 0.15) is 11.6 Å². The van der Waals surface area contributed by atoms with Crippen LogP contribution in [-0.2, 0) is 30.7 Å². The van der Waals surface area contributed by atoms with Gasteiger partial charge in [0.2, 0.25) is 5.91 Å². The van der Waals surface area contributed by atoms with Gasteiger partial charge in [-0.15, -0.1) is 21.5 Å². The number of amides is 1. The van der Waals surface area contributed by atoms with E-state index in [0.717, 1.165) is 61.4 Å². The lowest BCUT2D eigenvalue weighted by Crippen LogP contribution is -2.30. The van der Waals surface area contributed by atoms with Gasteiger partial charge in [0.25, 0.3) is 0 Å². The average molecular weight is 348 g/mol. The zero-order chi connectivity index (χ0) is 17.1. The summed E-state index contributed by atoms with van der Waals surface area (Å²) in [7, 11) is 1.75. The van der Waals surface area contributed by atoms with Crippen molar-refractivity contribution in [3.8, 4) is 0 Å². The number of fused-ring (bicyclic) bond motifs is 1. The summed E-state index contributed by atoms with van der Waals surface area (Å²) in [6.07, 6.45) is 3.08. The fraction of sp³-hybridized carbons (Fsp3) is 0.625. The molecule has 0 radical (unpaired) electrons. The second-order valence-electron chi connectivity index (χ2n) is 6.23. The molecule has 130 valence electrons. The van der Waals surface area contributed by atoms with E-state index >= 15 is 0 Å². The molecule has 3 rings (SSSR count). The van der Waals surface area contributed by atoms with Gasteiger partial charge in [-0.2, -0.15) is 0 Å². The van der Waals surface area contributed by atoms with E-state index in [-0.39, 0.29) is 5.91 Å². The Morgan fingerprint density at radius 1 is 1.50 bits per heavy atom. The molecule has 2 aromatic heterocycles. The Morgan fingerprint density at radius 3 is 3.08 bits per heavy atom. The van der Waals surface area contributed by atoms with Gasteiger partial charge in [-0.1, -0.05) is 6.92 Å². The number of nitrogens with zero attached hydrogens (tertiary/aromatic N) is 5. The highest BCUT2D eigenvalue weighted by atomic mass is 32.1. The normalized spacial score (nSPS) is 16.9. The van der Waals surface area contributed by atoms with Crippen LogP contribution in [0.15, 0.2) is 5.38 Å². The zero-order valence-electron chi connectivity index (χ0n) is 14.4. The summed E-state index contributed by atoms with van der Waals surface area (Å²) in [5.41, 5.74) is 0.984. The largest absolute Gasteiger partial charge is 0.315 e. The van der Waals surface area contributed by atoms with Crippen molar-refractivity contribution >= 4 is 22.4 Å². The number of anilines is 1. The van der Waals surface area contributed by atoms with Crippen LogP contribution >= 0.6 is 11.3 Å². The van der Waals surface area contributed by atoms with Crippen molar-refractivity contribution in [2.45, 2.75) is 46.2 Å². The molecule has 24 heavy (non-hydrogen) atoms. The molecule has 2 aromatic rings. The van der Waals surface area contributed by atoms with Crippen molar-refractivity contribution in [1.29, 1.82) is 0 Å². The topological polar surface area (TPSA) is 75.9 Å². The molecule has 3 heterocycles. The molecule has 1 amide bonds. The maximum absolute atomic E-state index is 11.4. The fourth-order valence-electron chi connectivity index (χ4n) is 2.95. The first-order chi connectivity index (χ1) is 11.6. The van der Waals surface area contributed by atoms with Crippen molar-refractivity contribution in [3.05, 3.63) is 22.7 Å². The van der Waals surface area contributed by atoms with Crippen LogP contribution in [0.2, 0.25) is 0 Å². The standard InChI is InChI=1S/C16H24N6OS/c1-4-14-19-20-15-6-5-12(9-22(14)15)7-17-8-13-10-24-16(18-13)21(3)11(2)23/h10,12,17H,4-9H2,1-3H3/t12-/m1/s1. The molecule has 0 aromatic carbocycles. The predicted molar refractivity (Wildman–Crippen MR) is 94.1 cm³/mol. The number of rotatable bonds is 6. The van der Waals surface area contributed by atoms with Gasteiger partial charge in [0, 0.05) is 51.8 Å². The highest BCUT2D eigenvalue weighted by Crippen LogP contribution is 2.21. The Labute approximate surface area is 146 Å². The quantitative estimate of drug-likeness (QED) is 0.859. The lowest BCUT2D eigenvalue weighted by molar-refractivity contribution is -0.116. The van der Waals surface area contributed by atoms with E-state index in [2.05, 4.69) is 32.0 Å². The van der Waals surface area contributed by atoms with Gasteiger partial charge >= 0.3 is 0 Å². The summed E-state index contributed by atoms with van der Waals surface area (Å²) in [6, 6.07) is 0. The van der Waals surface area contributed by atoms with Gasteiger partial charge in [-0.3, -0.25) is 9.69 Å². The number of nitrogens with one attached hydrogen (secondary N) is 1. The SMILES string of the molecule is CCc1nnc2n1C[C@@H](CNCc1csc(N(C)C(C)=O)n1)CC2. The van der Waals surface area contributed by atoms with Gasteiger partial charge in [0.15, 0.2) is 5.13 Å². The molecule has 0 bridgehead atoms. The molecule has 0 saturated heterocycles. The van der Waals surface area contributed by atoms with Crippen LogP contribution in [-0.4, -0.2) is 39.2 Å². The predicted octanol–water partition coefficient (Wildman–Crippen LogP) is 1.63. The molecule has 1 atom stereocenters. The fourth-order valence-corrected chi connectivity index (χ4v) is 3.78. The Kier molecular flexibility index (Phi) is 5.25. The summed E-state index contributed by atoms with van der Waals surface area (Å²) in [5, 5.41) is 14.8. The van der Waals surface area contributed by atoms with E-state index in [4.69, 9.17) is 0 Å². The van der Waals surface area contributed by atoms with Gasteiger partial charge in [0.05, 0.1) is 5.69 Å². The first-order valence-corrected chi connectivity index (χ1v) is 9.26. The molecule has 0 unspecified atom stereocenters. The lowest BCUT2D eigenvalue weighted by atomic mass is 9.99. The summed E-state index contributed by atoms with van der Waals surface area (Å²) >= 11 is 1.50. The van der Waals surface area contributed by atoms with Gasteiger partial charge in [-0.05, 0) is 12.3 Å². The number of carbonyl (C=O) groups excluding carboxylic acids is 1. The first kappa shape index (κ1) is 17.0. The summed E-state index contributed by atoms with van der Waals surface area (Å²) < 4.78 is 2.28.